The zero-order chi connectivity index (χ0) is 11.9. The summed E-state index contributed by atoms with van der Waals surface area (Å²) in [7, 11) is 0. The molecular formula is C13H18O4. The zero-order valence-corrected chi connectivity index (χ0v) is 9.85. The van der Waals surface area contributed by atoms with Gasteiger partial charge in [0.05, 0.1) is 0 Å². The molecule has 0 bridgehead atoms. The fourth-order valence-corrected chi connectivity index (χ4v) is 1.74. The van der Waals surface area contributed by atoms with E-state index >= 15 is 0 Å². The quantitative estimate of drug-likeness (QED) is 0.735. The predicted molar refractivity (Wildman–Crippen MR) is 63.4 cm³/mol. The van der Waals surface area contributed by atoms with E-state index in [9.17, 15) is 0 Å². The van der Waals surface area contributed by atoms with Crippen molar-refractivity contribution in [2.24, 2.45) is 0 Å². The number of hydrogen-bond donors (Lipinski definition) is 1. The molecule has 17 heavy (non-hydrogen) atoms. The maximum atomic E-state index is 8.58. The van der Waals surface area contributed by atoms with E-state index in [1.165, 1.54) is 5.56 Å². The molecule has 2 rings (SSSR count). The molecule has 0 radical (unpaired) electrons. The molecule has 0 saturated heterocycles. The molecule has 0 spiro atoms. The summed E-state index contributed by atoms with van der Waals surface area (Å²) in [5.74, 6) is 1.66. The van der Waals surface area contributed by atoms with Gasteiger partial charge in [-0.25, -0.2) is 0 Å². The normalized spacial score (nSPS) is 13.0. The van der Waals surface area contributed by atoms with Gasteiger partial charge in [0, 0.05) is 19.8 Å². The van der Waals surface area contributed by atoms with Crippen molar-refractivity contribution in [3.05, 3.63) is 23.8 Å². The Kier molecular flexibility index (Phi) is 4.64. The molecule has 0 unspecified atom stereocenters. The van der Waals surface area contributed by atoms with Crippen LogP contribution < -0.4 is 9.47 Å². The van der Waals surface area contributed by atoms with E-state index in [4.69, 9.17) is 19.3 Å². The van der Waals surface area contributed by atoms with Crippen molar-refractivity contribution in [1.82, 2.24) is 0 Å². The van der Waals surface area contributed by atoms with Crippen LogP contribution in [-0.4, -0.2) is 31.7 Å². The fourth-order valence-electron chi connectivity index (χ4n) is 1.74. The van der Waals surface area contributed by atoms with Gasteiger partial charge in [0.25, 0.3) is 0 Å². The van der Waals surface area contributed by atoms with Crippen LogP contribution in [0.1, 0.15) is 18.4 Å². The van der Waals surface area contributed by atoms with Gasteiger partial charge in [-0.3, -0.25) is 0 Å². The molecule has 0 saturated carbocycles. The van der Waals surface area contributed by atoms with E-state index in [0.717, 1.165) is 30.9 Å². The van der Waals surface area contributed by atoms with Crippen molar-refractivity contribution < 1.29 is 19.3 Å². The van der Waals surface area contributed by atoms with Gasteiger partial charge in [-0.05, 0) is 37.0 Å². The lowest BCUT2D eigenvalue weighted by atomic mass is 10.1. The van der Waals surface area contributed by atoms with E-state index in [0.29, 0.717) is 19.8 Å². The van der Waals surface area contributed by atoms with Crippen LogP contribution in [0.5, 0.6) is 11.5 Å². The van der Waals surface area contributed by atoms with Crippen molar-refractivity contribution in [2.45, 2.75) is 19.3 Å². The highest BCUT2D eigenvalue weighted by Crippen LogP contribution is 2.32. The molecule has 0 aliphatic carbocycles. The number of hydrogen-bond acceptors (Lipinski definition) is 4. The van der Waals surface area contributed by atoms with Gasteiger partial charge in [0.2, 0.25) is 6.79 Å². The number of aliphatic hydroxyl groups excluding tert-OH is 1. The molecule has 1 N–H and O–H groups in total. The Morgan fingerprint density at radius 2 is 1.94 bits per heavy atom. The highest BCUT2D eigenvalue weighted by atomic mass is 16.7. The Labute approximate surface area is 101 Å². The largest absolute Gasteiger partial charge is 0.454 e. The van der Waals surface area contributed by atoms with Gasteiger partial charge in [-0.1, -0.05) is 6.07 Å². The van der Waals surface area contributed by atoms with Gasteiger partial charge >= 0.3 is 0 Å². The molecule has 4 heteroatoms. The van der Waals surface area contributed by atoms with E-state index in [1.807, 2.05) is 12.1 Å². The van der Waals surface area contributed by atoms with E-state index in [1.54, 1.807) is 0 Å². The molecule has 0 aromatic heterocycles. The SMILES string of the molecule is OCCCOCCCc1ccc2c(c1)OCO2. The van der Waals surface area contributed by atoms with Crippen LogP contribution in [0.3, 0.4) is 0 Å². The molecule has 1 heterocycles. The Hall–Kier alpha value is -1.26. The lowest BCUT2D eigenvalue weighted by Gasteiger charge is -2.04. The number of fused-ring (bicyclic) bond motifs is 1. The summed E-state index contributed by atoms with van der Waals surface area (Å²) in [5, 5.41) is 8.58. The first-order valence-electron chi connectivity index (χ1n) is 5.97. The number of rotatable bonds is 7. The molecule has 4 nitrogen and oxygen atoms in total. The van der Waals surface area contributed by atoms with Gasteiger partial charge in [-0.15, -0.1) is 0 Å². The monoisotopic (exact) mass is 238 g/mol. The lowest BCUT2D eigenvalue weighted by Crippen LogP contribution is -2.00. The summed E-state index contributed by atoms with van der Waals surface area (Å²) < 4.78 is 15.9. The highest BCUT2D eigenvalue weighted by Gasteiger charge is 2.12. The van der Waals surface area contributed by atoms with Crippen molar-refractivity contribution in [1.29, 1.82) is 0 Å². The predicted octanol–water partition coefficient (Wildman–Crippen LogP) is 1.75. The average molecular weight is 238 g/mol. The minimum Gasteiger partial charge on any atom is -0.454 e. The van der Waals surface area contributed by atoms with Gasteiger partial charge in [-0.2, -0.15) is 0 Å². The molecule has 0 amide bonds. The maximum Gasteiger partial charge on any atom is 0.231 e. The molecule has 1 aliphatic heterocycles. The van der Waals surface area contributed by atoms with Crippen LogP contribution in [0.25, 0.3) is 0 Å². The third-order valence-corrected chi connectivity index (χ3v) is 2.64. The summed E-state index contributed by atoms with van der Waals surface area (Å²) in [4.78, 5) is 0. The summed E-state index contributed by atoms with van der Waals surface area (Å²) in [6.07, 6.45) is 2.66. The molecular weight excluding hydrogens is 220 g/mol. The Morgan fingerprint density at radius 1 is 1.12 bits per heavy atom. The van der Waals surface area contributed by atoms with Crippen LogP contribution >= 0.6 is 0 Å². The van der Waals surface area contributed by atoms with Crippen LogP contribution in [0.15, 0.2) is 18.2 Å². The van der Waals surface area contributed by atoms with Crippen molar-refractivity contribution in [3.63, 3.8) is 0 Å². The van der Waals surface area contributed by atoms with Gasteiger partial charge < -0.3 is 19.3 Å². The van der Waals surface area contributed by atoms with Crippen molar-refractivity contribution in [2.75, 3.05) is 26.6 Å². The first-order valence-corrected chi connectivity index (χ1v) is 5.97. The summed E-state index contributed by atoms with van der Waals surface area (Å²) in [5.41, 5.74) is 1.24. The Morgan fingerprint density at radius 3 is 2.82 bits per heavy atom. The summed E-state index contributed by atoms with van der Waals surface area (Å²) in [6, 6.07) is 6.03. The standard InChI is InChI=1S/C13H18O4/c14-6-2-8-15-7-1-3-11-4-5-12-13(9-11)17-10-16-12/h4-5,9,14H,1-3,6-8,10H2. The molecule has 0 atom stereocenters. The van der Waals surface area contributed by atoms with Crippen LogP contribution in [0, 0.1) is 0 Å². The average Bonchev–Trinajstić information content (AvgIpc) is 2.81. The van der Waals surface area contributed by atoms with Gasteiger partial charge in [0.15, 0.2) is 11.5 Å². The molecule has 0 fully saturated rings. The Balaban J connectivity index is 1.69. The number of aryl methyl sites for hydroxylation is 1. The minimum atomic E-state index is 0.197. The summed E-state index contributed by atoms with van der Waals surface area (Å²) >= 11 is 0. The van der Waals surface area contributed by atoms with Crippen molar-refractivity contribution >= 4 is 0 Å². The summed E-state index contributed by atoms with van der Waals surface area (Å²) in [6.45, 7) is 1.89. The smallest absolute Gasteiger partial charge is 0.231 e. The van der Waals surface area contributed by atoms with E-state index < -0.39 is 0 Å². The molecule has 1 aliphatic rings. The topological polar surface area (TPSA) is 47.9 Å². The van der Waals surface area contributed by atoms with Crippen LogP contribution in [0.4, 0.5) is 0 Å². The second-order valence-corrected chi connectivity index (χ2v) is 3.98. The number of benzene rings is 1. The molecule has 1 aromatic carbocycles. The first-order chi connectivity index (χ1) is 8.40. The van der Waals surface area contributed by atoms with E-state index in [2.05, 4.69) is 6.07 Å². The fraction of sp³-hybridized carbons (Fsp3) is 0.538. The second kappa shape index (κ2) is 6.47. The van der Waals surface area contributed by atoms with Gasteiger partial charge in [0.1, 0.15) is 0 Å². The third kappa shape index (κ3) is 3.61. The maximum absolute atomic E-state index is 8.58. The van der Waals surface area contributed by atoms with Crippen molar-refractivity contribution in [3.8, 4) is 11.5 Å². The Bertz CT molecular complexity index is 351. The lowest BCUT2D eigenvalue weighted by molar-refractivity contribution is 0.114. The number of aliphatic hydroxyl groups is 1. The third-order valence-electron chi connectivity index (χ3n) is 2.64. The van der Waals surface area contributed by atoms with Crippen LogP contribution in [-0.2, 0) is 11.2 Å². The van der Waals surface area contributed by atoms with Crippen LogP contribution in [0.2, 0.25) is 0 Å². The molecule has 94 valence electrons. The number of ether oxygens (including phenoxy) is 3. The first kappa shape index (κ1) is 12.2. The second-order valence-electron chi connectivity index (χ2n) is 3.98. The minimum absolute atomic E-state index is 0.197. The van der Waals surface area contributed by atoms with E-state index in [-0.39, 0.29) is 6.61 Å². The molecule has 1 aromatic rings. The zero-order valence-electron chi connectivity index (χ0n) is 9.85. The highest BCUT2D eigenvalue weighted by molar-refractivity contribution is 5.44.